The number of amides is 1. The molecule has 1 aromatic rings. The molecule has 1 aromatic heterocycles. The lowest BCUT2D eigenvalue weighted by Gasteiger charge is -2.36. The lowest BCUT2D eigenvalue weighted by molar-refractivity contribution is 0.0900. The zero-order chi connectivity index (χ0) is 16.2. The summed E-state index contributed by atoms with van der Waals surface area (Å²) in [5.74, 6) is 0.933. The van der Waals surface area contributed by atoms with Crippen molar-refractivity contribution in [2.24, 2.45) is 0 Å². The molecular formula is C14H18ClN3O4S. The zero-order valence-electron chi connectivity index (χ0n) is 12.4. The van der Waals surface area contributed by atoms with Gasteiger partial charge in [-0.05, 0) is 38.5 Å². The highest BCUT2D eigenvalue weighted by atomic mass is 35.7. The van der Waals surface area contributed by atoms with Crippen molar-refractivity contribution in [3.05, 3.63) is 17.5 Å². The predicted octanol–water partition coefficient (Wildman–Crippen LogP) is 1.76. The summed E-state index contributed by atoms with van der Waals surface area (Å²) >= 11 is 0. The molecule has 7 nitrogen and oxygen atoms in total. The van der Waals surface area contributed by atoms with Gasteiger partial charge in [-0.25, -0.2) is 0 Å². The summed E-state index contributed by atoms with van der Waals surface area (Å²) in [5.41, 5.74) is 0.298. The van der Waals surface area contributed by atoms with Crippen LogP contribution in [0, 0.1) is 0 Å². The number of halogens is 1. The Labute approximate surface area is 138 Å². The summed E-state index contributed by atoms with van der Waals surface area (Å²) in [6.07, 6.45) is 4.93. The van der Waals surface area contributed by atoms with E-state index in [1.165, 1.54) is 4.31 Å². The van der Waals surface area contributed by atoms with E-state index in [0.29, 0.717) is 24.5 Å². The first-order valence-electron chi connectivity index (χ1n) is 7.92. The van der Waals surface area contributed by atoms with Crippen molar-refractivity contribution in [1.82, 2.24) is 14.8 Å². The number of nitrogens with one attached hydrogen (secondary N) is 1. The Bertz CT molecular complexity index is 716. The molecule has 3 atom stereocenters. The second-order valence-corrected chi connectivity index (χ2v) is 9.10. The lowest BCUT2D eigenvalue weighted by Crippen LogP contribution is -2.51. The fourth-order valence-corrected chi connectivity index (χ4v) is 5.60. The van der Waals surface area contributed by atoms with Gasteiger partial charge in [-0.15, -0.1) is 0 Å². The predicted molar refractivity (Wildman–Crippen MR) is 82.4 cm³/mol. The molecule has 3 fully saturated rings. The quantitative estimate of drug-likeness (QED) is 0.827. The lowest BCUT2D eigenvalue weighted by atomic mass is 9.99. The highest BCUT2D eigenvalue weighted by Crippen LogP contribution is 2.40. The maximum absolute atomic E-state index is 12.3. The Morgan fingerprint density at radius 2 is 1.91 bits per heavy atom. The first-order chi connectivity index (χ1) is 10.9. The van der Waals surface area contributed by atoms with Gasteiger partial charge in [0.2, 0.25) is 0 Å². The van der Waals surface area contributed by atoms with Gasteiger partial charge in [0.1, 0.15) is 5.76 Å². The number of nitrogens with zero attached hydrogens (tertiary/aromatic N) is 2. The van der Waals surface area contributed by atoms with Crippen LogP contribution in [-0.4, -0.2) is 41.9 Å². The normalized spacial score (nSPS) is 31.3. The van der Waals surface area contributed by atoms with E-state index in [-0.39, 0.29) is 24.0 Å². The third kappa shape index (κ3) is 2.99. The molecule has 3 aliphatic rings. The molecule has 2 bridgehead atoms. The highest BCUT2D eigenvalue weighted by Gasteiger charge is 2.46. The van der Waals surface area contributed by atoms with Crippen molar-refractivity contribution >= 4 is 25.8 Å². The number of carbonyl (C=O) groups is 1. The molecule has 23 heavy (non-hydrogen) atoms. The Balaban J connectivity index is 1.41. The number of carbonyl (C=O) groups excluding carboxylic acids is 1. The average Bonchev–Trinajstić information content (AvgIpc) is 3.12. The SMILES string of the molecule is O=C(NC1C[C@H]2CC[C@@H](C1)N2S(=O)(=O)Cl)c1cc(C2CC2)on1. The number of piperidine rings is 1. The smallest absolute Gasteiger partial charge is 0.300 e. The molecule has 1 aliphatic carbocycles. The van der Waals surface area contributed by atoms with E-state index in [9.17, 15) is 13.2 Å². The summed E-state index contributed by atoms with van der Waals surface area (Å²) in [4.78, 5) is 12.3. The Kier molecular flexibility index (Phi) is 3.66. The van der Waals surface area contributed by atoms with Gasteiger partial charge >= 0.3 is 0 Å². The van der Waals surface area contributed by atoms with Crippen molar-refractivity contribution in [3.8, 4) is 0 Å². The van der Waals surface area contributed by atoms with Crippen LogP contribution >= 0.6 is 10.7 Å². The van der Waals surface area contributed by atoms with Gasteiger partial charge in [0.25, 0.3) is 15.1 Å². The molecule has 1 amide bonds. The summed E-state index contributed by atoms with van der Waals surface area (Å²) in [6, 6.07) is 1.40. The third-order valence-electron chi connectivity index (χ3n) is 4.99. The van der Waals surface area contributed by atoms with Crippen LogP contribution in [0.4, 0.5) is 0 Å². The van der Waals surface area contributed by atoms with E-state index >= 15 is 0 Å². The van der Waals surface area contributed by atoms with E-state index in [0.717, 1.165) is 31.4 Å². The minimum absolute atomic E-state index is 0.0595. The molecule has 0 radical (unpaired) electrons. The van der Waals surface area contributed by atoms with Crippen LogP contribution in [-0.2, 0) is 9.24 Å². The minimum atomic E-state index is -3.70. The standard InChI is InChI=1S/C14H18ClN3O4S/c15-23(20,21)18-10-3-4-11(18)6-9(5-10)16-14(19)12-7-13(22-17-12)8-1-2-8/h7-11H,1-6H2,(H,16,19)/t9?,10-,11+. The molecule has 4 rings (SSSR count). The fraction of sp³-hybridized carbons (Fsp3) is 0.714. The van der Waals surface area contributed by atoms with Crippen molar-refractivity contribution < 1.29 is 17.7 Å². The van der Waals surface area contributed by atoms with Gasteiger partial charge in [0, 0.05) is 40.8 Å². The van der Waals surface area contributed by atoms with Gasteiger partial charge in [0.05, 0.1) is 0 Å². The summed E-state index contributed by atoms with van der Waals surface area (Å²) in [5, 5.41) is 6.79. The number of fused-ring (bicyclic) bond motifs is 2. The van der Waals surface area contributed by atoms with Gasteiger partial charge in [-0.1, -0.05) is 5.16 Å². The molecule has 3 heterocycles. The van der Waals surface area contributed by atoms with Crippen LogP contribution in [0.3, 0.4) is 0 Å². The number of rotatable bonds is 4. The number of aromatic nitrogens is 1. The fourth-order valence-electron chi connectivity index (χ4n) is 3.82. The Hall–Kier alpha value is -1.12. The summed E-state index contributed by atoms with van der Waals surface area (Å²) < 4.78 is 29.9. The van der Waals surface area contributed by atoms with E-state index in [1.54, 1.807) is 6.07 Å². The maximum Gasteiger partial charge on any atom is 0.300 e. The van der Waals surface area contributed by atoms with E-state index in [2.05, 4.69) is 10.5 Å². The molecular weight excluding hydrogens is 342 g/mol. The Morgan fingerprint density at radius 1 is 1.26 bits per heavy atom. The summed E-state index contributed by atoms with van der Waals surface area (Å²) in [7, 11) is 1.82. The Morgan fingerprint density at radius 3 is 2.48 bits per heavy atom. The van der Waals surface area contributed by atoms with E-state index in [1.807, 2.05) is 0 Å². The second kappa shape index (κ2) is 5.46. The number of hydrogen-bond acceptors (Lipinski definition) is 5. The van der Waals surface area contributed by atoms with Gasteiger partial charge in [-0.3, -0.25) is 4.79 Å². The molecule has 1 unspecified atom stereocenters. The topological polar surface area (TPSA) is 92.5 Å². The van der Waals surface area contributed by atoms with Crippen LogP contribution in [0.2, 0.25) is 0 Å². The first kappa shape index (κ1) is 15.4. The monoisotopic (exact) mass is 359 g/mol. The average molecular weight is 360 g/mol. The first-order valence-corrected chi connectivity index (χ1v) is 10.2. The molecule has 0 spiro atoms. The van der Waals surface area contributed by atoms with Crippen LogP contribution in [0.5, 0.6) is 0 Å². The zero-order valence-corrected chi connectivity index (χ0v) is 14.0. The molecule has 126 valence electrons. The van der Waals surface area contributed by atoms with E-state index in [4.69, 9.17) is 15.2 Å². The molecule has 9 heteroatoms. The van der Waals surface area contributed by atoms with Crippen LogP contribution in [0.1, 0.15) is 60.7 Å². The van der Waals surface area contributed by atoms with Crippen molar-refractivity contribution in [1.29, 1.82) is 0 Å². The van der Waals surface area contributed by atoms with Crippen molar-refractivity contribution in [2.75, 3.05) is 0 Å². The molecule has 1 N–H and O–H groups in total. The third-order valence-corrected chi connectivity index (χ3v) is 6.57. The van der Waals surface area contributed by atoms with Crippen LogP contribution in [0.15, 0.2) is 10.6 Å². The largest absolute Gasteiger partial charge is 0.360 e. The summed E-state index contributed by atoms with van der Waals surface area (Å²) in [6.45, 7) is 0. The molecule has 2 aliphatic heterocycles. The number of hydrogen-bond donors (Lipinski definition) is 1. The molecule has 1 saturated carbocycles. The molecule has 0 aromatic carbocycles. The van der Waals surface area contributed by atoms with Gasteiger partial charge < -0.3 is 9.84 Å². The van der Waals surface area contributed by atoms with Crippen LogP contribution in [0.25, 0.3) is 0 Å². The van der Waals surface area contributed by atoms with Gasteiger partial charge in [0.15, 0.2) is 5.69 Å². The van der Waals surface area contributed by atoms with Crippen molar-refractivity contribution in [3.63, 3.8) is 0 Å². The van der Waals surface area contributed by atoms with E-state index < -0.39 is 9.24 Å². The second-order valence-electron chi connectivity index (χ2n) is 6.69. The molecule has 2 saturated heterocycles. The van der Waals surface area contributed by atoms with Crippen LogP contribution < -0.4 is 5.32 Å². The highest BCUT2D eigenvalue weighted by molar-refractivity contribution is 8.11. The maximum atomic E-state index is 12.3. The van der Waals surface area contributed by atoms with Gasteiger partial charge in [-0.2, -0.15) is 12.7 Å². The van der Waals surface area contributed by atoms with Crippen molar-refractivity contribution in [2.45, 2.75) is 62.6 Å². The minimum Gasteiger partial charge on any atom is -0.360 e.